The maximum atomic E-state index is 4.62. The Bertz CT molecular complexity index is 424. The fourth-order valence-electron chi connectivity index (χ4n) is 1.88. The summed E-state index contributed by atoms with van der Waals surface area (Å²) >= 11 is 1.73. The predicted molar refractivity (Wildman–Crippen MR) is 93.1 cm³/mol. The van der Waals surface area contributed by atoms with E-state index in [-0.39, 0.29) is 0 Å². The second-order valence-corrected chi connectivity index (χ2v) is 6.88. The van der Waals surface area contributed by atoms with Crippen LogP contribution in [-0.2, 0) is 6.54 Å². The lowest BCUT2D eigenvalue weighted by Crippen LogP contribution is -2.37. The van der Waals surface area contributed by atoms with Crippen LogP contribution in [0.1, 0.15) is 64.1 Å². The van der Waals surface area contributed by atoms with Crippen LogP contribution >= 0.6 is 11.3 Å². The highest BCUT2D eigenvalue weighted by Crippen LogP contribution is 2.19. The van der Waals surface area contributed by atoms with Crippen LogP contribution < -0.4 is 10.6 Å². The highest BCUT2D eigenvalue weighted by atomic mass is 32.1. The van der Waals surface area contributed by atoms with Gasteiger partial charge in [-0.15, -0.1) is 11.3 Å². The van der Waals surface area contributed by atoms with Crippen LogP contribution in [0.15, 0.2) is 10.4 Å². The van der Waals surface area contributed by atoms with Crippen molar-refractivity contribution in [2.75, 3.05) is 13.1 Å². The summed E-state index contributed by atoms with van der Waals surface area (Å²) in [5, 5.41) is 9.98. The van der Waals surface area contributed by atoms with Gasteiger partial charge < -0.3 is 10.6 Å². The Labute approximate surface area is 133 Å². The van der Waals surface area contributed by atoms with Crippen molar-refractivity contribution in [1.82, 2.24) is 15.6 Å². The Morgan fingerprint density at radius 2 is 2.05 bits per heavy atom. The first-order valence-corrected chi connectivity index (χ1v) is 8.87. The zero-order chi connectivity index (χ0) is 15.7. The van der Waals surface area contributed by atoms with E-state index < -0.39 is 0 Å². The van der Waals surface area contributed by atoms with Crippen LogP contribution in [0.5, 0.6) is 0 Å². The Balaban J connectivity index is 2.46. The van der Waals surface area contributed by atoms with Gasteiger partial charge >= 0.3 is 0 Å². The molecule has 0 bridgehead atoms. The molecule has 0 unspecified atom stereocenters. The number of hydrogen-bond donors (Lipinski definition) is 2. The van der Waals surface area contributed by atoms with Crippen LogP contribution in [0.25, 0.3) is 0 Å². The summed E-state index contributed by atoms with van der Waals surface area (Å²) in [4.78, 5) is 9.23. The van der Waals surface area contributed by atoms with Crippen molar-refractivity contribution in [2.24, 2.45) is 10.9 Å². The van der Waals surface area contributed by atoms with E-state index in [4.69, 9.17) is 0 Å². The van der Waals surface area contributed by atoms with Crippen molar-refractivity contribution in [3.05, 3.63) is 16.1 Å². The summed E-state index contributed by atoms with van der Waals surface area (Å²) in [7, 11) is 0. The summed E-state index contributed by atoms with van der Waals surface area (Å²) < 4.78 is 0. The van der Waals surface area contributed by atoms with E-state index in [9.17, 15) is 0 Å². The van der Waals surface area contributed by atoms with Gasteiger partial charge in [0, 0.05) is 24.4 Å². The number of nitrogens with one attached hydrogen (secondary N) is 2. The molecule has 0 amide bonds. The summed E-state index contributed by atoms with van der Waals surface area (Å²) in [6, 6.07) is 0. The molecule has 1 rings (SSSR count). The smallest absolute Gasteiger partial charge is 0.191 e. The molecule has 1 aromatic rings. The molecule has 0 saturated heterocycles. The van der Waals surface area contributed by atoms with Crippen molar-refractivity contribution >= 4 is 17.3 Å². The number of hydrogen-bond acceptors (Lipinski definition) is 3. The fourth-order valence-corrected chi connectivity index (χ4v) is 2.71. The average molecular weight is 311 g/mol. The van der Waals surface area contributed by atoms with Gasteiger partial charge in [0.2, 0.25) is 0 Å². The van der Waals surface area contributed by atoms with Crippen molar-refractivity contribution in [3.63, 3.8) is 0 Å². The molecule has 0 radical (unpaired) electrons. The first-order chi connectivity index (χ1) is 10.0. The fraction of sp³-hybridized carbons (Fsp3) is 0.750. The molecule has 1 aromatic heterocycles. The normalized spacial score (nSPS) is 12.2. The number of nitrogens with zero attached hydrogens (tertiary/aromatic N) is 2. The Morgan fingerprint density at radius 1 is 1.29 bits per heavy atom. The summed E-state index contributed by atoms with van der Waals surface area (Å²) in [5.41, 5.74) is 1.06. The number of guanidine groups is 1. The third-order valence-electron chi connectivity index (χ3n) is 3.06. The minimum absolute atomic E-state index is 0.495. The molecular weight excluding hydrogens is 280 g/mol. The topological polar surface area (TPSA) is 49.3 Å². The van der Waals surface area contributed by atoms with Gasteiger partial charge in [-0.05, 0) is 25.7 Å². The van der Waals surface area contributed by atoms with Gasteiger partial charge in [0.15, 0.2) is 5.96 Å². The van der Waals surface area contributed by atoms with Gasteiger partial charge in [0.1, 0.15) is 0 Å². The standard InChI is InChI=1S/C16H30N4S/c1-6-17-16(18-9-7-8-12(2)3)19-10-14-11-21-15(20-14)13(4)5/h11-13H,6-10H2,1-5H3,(H2,17,18,19). The highest BCUT2D eigenvalue weighted by molar-refractivity contribution is 7.09. The van der Waals surface area contributed by atoms with Crippen molar-refractivity contribution in [3.8, 4) is 0 Å². The van der Waals surface area contributed by atoms with Crippen molar-refractivity contribution in [2.45, 2.75) is 59.9 Å². The van der Waals surface area contributed by atoms with E-state index in [1.807, 2.05) is 0 Å². The lowest BCUT2D eigenvalue weighted by Gasteiger charge is -2.11. The van der Waals surface area contributed by atoms with E-state index in [2.05, 4.69) is 60.6 Å². The number of aliphatic imine (C=N–C) groups is 1. The second-order valence-electron chi connectivity index (χ2n) is 5.99. The van der Waals surface area contributed by atoms with E-state index in [0.717, 1.165) is 30.7 Å². The molecule has 0 aliphatic carbocycles. The van der Waals surface area contributed by atoms with Gasteiger partial charge in [-0.2, -0.15) is 0 Å². The first kappa shape index (κ1) is 18.0. The summed E-state index contributed by atoms with van der Waals surface area (Å²) in [6.45, 7) is 13.4. The molecular formula is C16H30N4S. The van der Waals surface area contributed by atoms with Crippen LogP contribution in [0.3, 0.4) is 0 Å². The minimum atomic E-state index is 0.495. The molecule has 0 fully saturated rings. The zero-order valence-corrected chi connectivity index (χ0v) is 14.9. The average Bonchev–Trinajstić information content (AvgIpc) is 2.89. The number of aromatic nitrogens is 1. The Hall–Kier alpha value is -1.10. The monoisotopic (exact) mass is 310 g/mol. The largest absolute Gasteiger partial charge is 0.357 e. The zero-order valence-electron chi connectivity index (χ0n) is 14.1. The van der Waals surface area contributed by atoms with Crippen LogP contribution in [0.2, 0.25) is 0 Å². The lowest BCUT2D eigenvalue weighted by molar-refractivity contribution is 0.549. The number of rotatable bonds is 8. The van der Waals surface area contributed by atoms with E-state index in [0.29, 0.717) is 12.5 Å². The molecule has 0 aromatic carbocycles. The summed E-state index contributed by atoms with van der Waals surface area (Å²) in [6.07, 6.45) is 2.42. The maximum Gasteiger partial charge on any atom is 0.191 e. The molecule has 0 atom stereocenters. The molecule has 120 valence electrons. The molecule has 21 heavy (non-hydrogen) atoms. The predicted octanol–water partition coefficient (Wildman–Crippen LogP) is 3.76. The third kappa shape index (κ3) is 7.46. The van der Waals surface area contributed by atoms with Crippen LogP contribution in [-0.4, -0.2) is 24.0 Å². The Kier molecular flexibility index (Phi) is 8.35. The van der Waals surface area contributed by atoms with Gasteiger partial charge in [0.25, 0.3) is 0 Å². The maximum absolute atomic E-state index is 4.62. The second kappa shape index (κ2) is 9.77. The lowest BCUT2D eigenvalue weighted by atomic mass is 10.1. The Morgan fingerprint density at radius 3 is 2.62 bits per heavy atom. The molecule has 0 aliphatic heterocycles. The SMILES string of the molecule is CCNC(=NCc1csc(C(C)C)n1)NCCCC(C)C. The quantitative estimate of drug-likeness (QED) is 0.437. The summed E-state index contributed by atoms with van der Waals surface area (Å²) in [5.74, 6) is 2.14. The van der Waals surface area contributed by atoms with E-state index in [1.165, 1.54) is 17.8 Å². The van der Waals surface area contributed by atoms with Gasteiger partial charge in [0.05, 0.1) is 17.2 Å². The van der Waals surface area contributed by atoms with Crippen LogP contribution in [0.4, 0.5) is 0 Å². The van der Waals surface area contributed by atoms with Crippen molar-refractivity contribution in [1.29, 1.82) is 0 Å². The van der Waals surface area contributed by atoms with Gasteiger partial charge in [-0.25, -0.2) is 9.98 Å². The van der Waals surface area contributed by atoms with Gasteiger partial charge in [-0.3, -0.25) is 0 Å². The molecule has 1 heterocycles. The molecule has 0 saturated carbocycles. The molecule has 5 heteroatoms. The molecule has 0 aliphatic rings. The van der Waals surface area contributed by atoms with Crippen LogP contribution in [0, 0.1) is 5.92 Å². The first-order valence-electron chi connectivity index (χ1n) is 7.99. The van der Waals surface area contributed by atoms with Crippen molar-refractivity contribution < 1.29 is 0 Å². The van der Waals surface area contributed by atoms with Gasteiger partial charge in [-0.1, -0.05) is 27.7 Å². The minimum Gasteiger partial charge on any atom is -0.357 e. The molecule has 4 nitrogen and oxygen atoms in total. The molecule has 0 spiro atoms. The molecule has 2 N–H and O–H groups in total. The third-order valence-corrected chi connectivity index (χ3v) is 4.25. The highest BCUT2D eigenvalue weighted by Gasteiger charge is 2.05. The number of thiazole rings is 1. The van der Waals surface area contributed by atoms with E-state index in [1.54, 1.807) is 11.3 Å². The van der Waals surface area contributed by atoms with E-state index >= 15 is 0 Å².